The summed E-state index contributed by atoms with van der Waals surface area (Å²) in [6.07, 6.45) is 0. The van der Waals surface area contributed by atoms with Crippen LogP contribution in [0.25, 0.3) is 11.3 Å². The summed E-state index contributed by atoms with van der Waals surface area (Å²) in [4.78, 5) is 26.8. The lowest BCUT2D eigenvalue weighted by molar-refractivity contribution is -0.385. The second-order valence-corrected chi connectivity index (χ2v) is 6.35. The maximum Gasteiger partial charge on any atom is 0.337 e. The van der Waals surface area contributed by atoms with E-state index in [1.165, 1.54) is 24.5 Å². The van der Waals surface area contributed by atoms with Crippen molar-refractivity contribution in [1.82, 2.24) is 4.98 Å². The van der Waals surface area contributed by atoms with Crippen LogP contribution in [0.4, 0.5) is 16.5 Å². The SMILES string of the molecule is COC(=O)c1cccc(Nc2nc(-c3ccc(C)c([N+](=O)[O-])c3)cs2)c1. The fourth-order valence-corrected chi connectivity index (χ4v) is 3.13. The summed E-state index contributed by atoms with van der Waals surface area (Å²) in [5.41, 5.74) is 3.12. The maximum absolute atomic E-state index is 11.6. The highest BCUT2D eigenvalue weighted by Crippen LogP contribution is 2.30. The van der Waals surface area contributed by atoms with Gasteiger partial charge in [-0.05, 0) is 25.1 Å². The van der Waals surface area contributed by atoms with E-state index in [9.17, 15) is 14.9 Å². The molecule has 0 unspecified atom stereocenters. The van der Waals surface area contributed by atoms with Gasteiger partial charge in [0.2, 0.25) is 0 Å². The van der Waals surface area contributed by atoms with Crippen molar-refractivity contribution in [2.24, 2.45) is 0 Å². The number of rotatable bonds is 5. The Morgan fingerprint density at radius 3 is 2.81 bits per heavy atom. The van der Waals surface area contributed by atoms with Crippen LogP contribution in [0.1, 0.15) is 15.9 Å². The van der Waals surface area contributed by atoms with E-state index in [1.54, 1.807) is 37.3 Å². The molecule has 1 N–H and O–H groups in total. The van der Waals surface area contributed by atoms with Gasteiger partial charge in [-0.15, -0.1) is 11.3 Å². The van der Waals surface area contributed by atoms with Crippen LogP contribution < -0.4 is 5.32 Å². The molecule has 0 bridgehead atoms. The summed E-state index contributed by atoms with van der Waals surface area (Å²) in [5.74, 6) is -0.416. The molecule has 0 aliphatic rings. The van der Waals surface area contributed by atoms with Crippen LogP contribution in [0.2, 0.25) is 0 Å². The van der Waals surface area contributed by atoms with Crippen LogP contribution >= 0.6 is 11.3 Å². The van der Waals surface area contributed by atoms with Crippen molar-refractivity contribution < 1.29 is 14.5 Å². The van der Waals surface area contributed by atoms with Gasteiger partial charge >= 0.3 is 5.97 Å². The molecule has 0 spiro atoms. The number of benzene rings is 2. The van der Waals surface area contributed by atoms with Crippen LogP contribution in [-0.4, -0.2) is 23.0 Å². The molecule has 3 aromatic rings. The first-order valence-electron chi connectivity index (χ1n) is 7.64. The minimum absolute atomic E-state index is 0.0655. The first kappa shape index (κ1) is 17.6. The molecule has 2 aromatic carbocycles. The standard InChI is InChI=1S/C18H15N3O4S/c1-11-6-7-12(9-16(11)21(23)24)15-10-26-18(20-15)19-14-5-3-4-13(8-14)17(22)25-2/h3-10H,1-2H3,(H,19,20). The first-order valence-corrected chi connectivity index (χ1v) is 8.52. The number of aromatic nitrogens is 1. The third-order valence-corrected chi connectivity index (χ3v) is 4.50. The highest BCUT2D eigenvalue weighted by atomic mass is 32.1. The number of hydrogen-bond acceptors (Lipinski definition) is 7. The van der Waals surface area contributed by atoms with Gasteiger partial charge < -0.3 is 10.1 Å². The van der Waals surface area contributed by atoms with Gasteiger partial charge in [-0.1, -0.05) is 18.2 Å². The van der Waals surface area contributed by atoms with Crippen molar-refractivity contribution in [2.45, 2.75) is 6.92 Å². The molecule has 0 fully saturated rings. The lowest BCUT2D eigenvalue weighted by Crippen LogP contribution is -2.01. The van der Waals surface area contributed by atoms with Gasteiger partial charge in [0.05, 0.1) is 23.3 Å². The number of nitrogens with zero attached hydrogens (tertiary/aromatic N) is 2. The van der Waals surface area contributed by atoms with Gasteiger partial charge in [0.15, 0.2) is 5.13 Å². The Bertz CT molecular complexity index is 984. The Balaban J connectivity index is 1.84. The van der Waals surface area contributed by atoms with Gasteiger partial charge in [0.1, 0.15) is 0 Å². The normalized spacial score (nSPS) is 10.4. The molecular weight excluding hydrogens is 354 g/mol. The number of aryl methyl sites for hydroxylation is 1. The van der Waals surface area contributed by atoms with Gasteiger partial charge in [-0.2, -0.15) is 0 Å². The molecule has 0 aliphatic carbocycles. The molecule has 0 saturated carbocycles. The number of nitro benzene ring substituents is 1. The fraction of sp³-hybridized carbons (Fsp3) is 0.111. The van der Waals surface area contributed by atoms with E-state index in [-0.39, 0.29) is 5.69 Å². The highest BCUT2D eigenvalue weighted by Gasteiger charge is 2.14. The Labute approximate surface area is 153 Å². The molecule has 26 heavy (non-hydrogen) atoms. The number of ether oxygens (including phenoxy) is 1. The quantitative estimate of drug-likeness (QED) is 0.402. The molecular formula is C18H15N3O4S. The zero-order valence-corrected chi connectivity index (χ0v) is 14.9. The average Bonchev–Trinajstić information content (AvgIpc) is 3.09. The van der Waals surface area contributed by atoms with E-state index in [1.807, 2.05) is 11.4 Å². The van der Waals surface area contributed by atoms with E-state index in [0.717, 1.165) is 0 Å². The van der Waals surface area contributed by atoms with Gasteiger partial charge in [0.25, 0.3) is 5.69 Å². The van der Waals surface area contributed by atoms with Crippen molar-refractivity contribution in [3.05, 3.63) is 69.1 Å². The van der Waals surface area contributed by atoms with Crippen LogP contribution in [0.5, 0.6) is 0 Å². The average molecular weight is 369 g/mol. The first-order chi connectivity index (χ1) is 12.5. The van der Waals surface area contributed by atoms with Gasteiger partial charge in [0, 0.05) is 28.3 Å². The largest absolute Gasteiger partial charge is 0.465 e. The molecule has 0 aliphatic heterocycles. The lowest BCUT2D eigenvalue weighted by atomic mass is 10.1. The van der Waals surface area contributed by atoms with Crippen molar-refractivity contribution in [2.75, 3.05) is 12.4 Å². The molecule has 0 radical (unpaired) electrons. The molecule has 1 heterocycles. The number of nitrogens with one attached hydrogen (secondary N) is 1. The Morgan fingerprint density at radius 1 is 1.27 bits per heavy atom. The van der Waals surface area contributed by atoms with Gasteiger partial charge in [-0.3, -0.25) is 10.1 Å². The number of nitro groups is 1. The van der Waals surface area contributed by atoms with E-state index < -0.39 is 10.9 Å². The predicted octanol–water partition coefficient (Wildman–Crippen LogP) is 4.56. The van der Waals surface area contributed by atoms with Crippen molar-refractivity contribution in [3.63, 3.8) is 0 Å². The van der Waals surface area contributed by atoms with Crippen LogP contribution in [0.3, 0.4) is 0 Å². The van der Waals surface area contributed by atoms with E-state index in [0.29, 0.717) is 33.2 Å². The molecule has 0 amide bonds. The zero-order valence-electron chi connectivity index (χ0n) is 14.1. The third kappa shape index (κ3) is 3.70. The summed E-state index contributed by atoms with van der Waals surface area (Å²) >= 11 is 1.37. The molecule has 1 aromatic heterocycles. The van der Waals surface area contributed by atoms with Crippen molar-refractivity contribution in [1.29, 1.82) is 0 Å². The summed E-state index contributed by atoms with van der Waals surface area (Å²) in [6, 6.07) is 11.9. The van der Waals surface area contributed by atoms with Crippen LogP contribution in [-0.2, 0) is 4.74 Å². The summed E-state index contributed by atoms with van der Waals surface area (Å²) < 4.78 is 4.71. The summed E-state index contributed by atoms with van der Waals surface area (Å²) in [6.45, 7) is 1.70. The monoisotopic (exact) mass is 369 g/mol. The second kappa shape index (κ2) is 7.32. The Morgan fingerprint density at radius 2 is 2.08 bits per heavy atom. The summed E-state index contributed by atoms with van der Waals surface area (Å²) in [5, 5.41) is 16.7. The number of anilines is 2. The number of carbonyl (C=O) groups is 1. The molecule has 132 valence electrons. The number of esters is 1. The van der Waals surface area contributed by atoms with E-state index in [2.05, 4.69) is 10.3 Å². The van der Waals surface area contributed by atoms with E-state index >= 15 is 0 Å². The fourth-order valence-electron chi connectivity index (χ4n) is 2.39. The minimum atomic E-state index is -0.416. The predicted molar refractivity (Wildman–Crippen MR) is 100 cm³/mol. The van der Waals surface area contributed by atoms with Crippen LogP contribution in [0.15, 0.2) is 47.8 Å². The summed E-state index contributed by atoms with van der Waals surface area (Å²) in [7, 11) is 1.33. The van der Waals surface area contributed by atoms with Crippen LogP contribution in [0, 0.1) is 17.0 Å². The topological polar surface area (TPSA) is 94.4 Å². The number of thiazole rings is 1. The molecule has 0 atom stereocenters. The third-order valence-electron chi connectivity index (χ3n) is 3.74. The van der Waals surface area contributed by atoms with Crippen molar-refractivity contribution >= 4 is 33.8 Å². The molecule has 0 saturated heterocycles. The smallest absolute Gasteiger partial charge is 0.337 e. The second-order valence-electron chi connectivity index (χ2n) is 5.49. The number of carbonyl (C=O) groups excluding carboxylic acids is 1. The number of methoxy groups -OCH3 is 1. The Kier molecular flexibility index (Phi) is 4.94. The highest BCUT2D eigenvalue weighted by molar-refractivity contribution is 7.14. The zero-order chi connectivity index (χ0) is 18.7. The lowest BCUT2D eigenvalue weighted by Gasteiger charge is -2.05. The molecule has 7 nitrogen and oxygen atoms in total. The van der Waals surface area contributed by atoms with Crippen molar-refractivity contribution in [3.8, 4) is 11.3 Å². The number of hydrogen-bond donors (Lipinski definition) is 1. The minimum Gasteiger partial charge on any atom is -0.465 e. The molecule has 3 rings (SSSR count). The van der Waals surface area contributed by atoms with E-state index in [4.69, 9.17) is 4.74 Å². The van der Waals surface area contributed by atoms with Gasteiger partial charge in [-0.25, -0.2) is 9.78 Å². The maximum atomic E-state index is 11.6. The Hall–Kier alpha value is -3.26. The molecule has 8 heteroatoms.